The SMILES string of the molecule is Cc1cc2c(cc1C)NC(C)C=C2. The molecule has 0 bridgehead atoms. The van der Waals surface area contributed by atoms with E-state index in [0.717, 1.165) is 0 Å². The molecular formula is C12H15N. The molecule has 1 aromatic carbocycles. The van der Waals surface area contributed by atoms with Crippen molar-refractivity contribution >= 4 is 11.8 Å². The number of hydrogen-bond donors (Lipinski definition) is 1. The van der Waals surface area contributed by atoms with Crippen LogP contribution in [0.2, 0.25) is 0 Å². The van der Waals surface area contributed by atoms with Gasteiger partial charge in [0.25, 0.3) is 0 Å². The van der Waals surface area contributed by atoms with Crippen molar-refractivity contribution in [3.8, 4) is 0 Å². The van der Waals surface area contributed by atoms with Gasteiger partial charge in [-0.3, -0.25) is 0 Å². The number of anilines is 1. The van der Waals surface area contributed by atoms with Crippen LogP contribution in [0.3, 0.4) is 0 Å². The van der Waals surface area contributed by atoms with Crippen LogP contribution >= 0.6 is 0 Å². The Kier molecular flexibility index (Phi) is 1.87. The molecule has 0 amide bonds. The first kappa shape index (κ1) is 8.36. The van der Waals surface area contributed by atoms with Gasteiger partial charge in [-0.2, -0.15) is 0 Å². The third-order valence-electron chi connectivity index (χ3n) is 2.61. The monoisotopic (exact) mass is 173 g/mol. The highest BCUT2D eigenvalue weighted by molar-refractivity contribution is 5.72. The lowest BCUT2D eigenvalue weighted by molar-refractivity contribution is 0.990. The van der Waals surface area contributed by atoms with E-state index >= 15 is 0 Å². The van der Waals surface area contributed by atoms with Crippen LogP contribution in [0.5, 0.6) is 0 Å². The summed E-state index contributed by atoms with van der Waals surface area (Å²) < 4.78 is 0. The van der Waals surface area contributed by atoms with Gasteiger partial charge < -0.3 is 5.32 Å². The zero-order chi connectivity index (χ0) is 9.42. The first-order valence-corrected chi connectivity index (χ1v) is 4.73. The minimum atomic E-state index is 0.453. The molecule has 0 fully saturated rings. The average Bonchev–Trinajstić information content (AvgIpc) is 2.08. The number of benzene rings is 1. The summed E-state index contributed by atoms with van der Waals surface area (Å²) in [5.74, 6) is 0. The van der Waals surface area contributed by atoms with E-state index in [2.05, 4.69) is 50.4 Å². The van der Waals surface area contributed by atoms with Gasteiger partial charge in [0, 0.05) is 11.7 Å². The molecule has 1 aliphatic heterocycles. The highest BCUT2D eigenvalue weighted by atomic mass is 14.9. The molecule has 1 aromatic rings. The van der Waals surface area contributed by atoms with E-state index in [4.69, 9.17) is 0 Å². The van der Waals surface area contributed by atoms with Crippen LogP contribution in [0.1, 0.15) is 23.6 Å². The number of rotatable bonds is 0. The molecule has 68 valence electrons. The molecule has 0 spiro atoms. The molecule has 0 radical (unpaired) electrons. The molecule has 0 saturated carbocycles. The van der Waals surface area contributed by atoms with Crippen LogP contribution in [-0.4, -0.2) is 6.04 Å². The van der Waals surface area contributed by atoms with E-state index in [1.807, 2.05) is 0 Å². The summed E-state index contributed by atoms with van der Waals surface area (Å²) in [4.78, 5) is 0. The summed E-state index contributed by atoms with van der Waals surface area (Å²) in [6.07, 6.45) is 4.39. The summed E-state index contributed by atoms with van der Waals surface area (Å²) in [5.41, 5.74) is 5.29. The van der Waals surface area contributed by atoms with Crippen molar-refractivity contribution in [3.05, 3.63) is 34.9 Å². The predicted molar refractivity (Wildman–Crippen MR) is 58.0 cm³/mol. The summed E-state index contributed by atoms with van der Waals surface area (Å²) in [7, 11) is 0. The number of hydrogen-bond acceptors (Lipinski definition) is 1. The molecule has 0 saturated heterocycles. The lowest BCUT2D eigenvalue weighted by Crippen LogP contribution is -2.15. The quantitative estimate of drug-likeness (QED) is 0.635. The van der Waals surface area contributed by atoms with E-state index in [1.165, 1.54) is 22.4 Å². The van der Waals surface area contributed by atoms with Gasteiger partial charge in [0.1, 0.15) is 0 Å². The molecule has 1 nitrogen and oxygen atoms in total. The smallest absolute Gasteiger partial charge is 0.0421 e. The van der Waals surface area contributed by atoms with Gasteiger partial charge in [0.15, 0.2) is 0 Å². The first-order chi connectivity index (χ1) is 6.16. The van der Waals surface area contributed by atoms with E-state index in [9.17, 15) is 0 Å². The van der Waals surface area contributed by atoms with Crippen molar-refractivity contribution in [1.29, 1.82) is 0 Å². The van der Waals surface area contributed by atoms with Gasteiger partial charge in [-0.05, 0) is 49.6 Å². The third kappa shape index (κ3) is 1.46. The molecule has 0 aliphatic carbocycles. The lowest BCUT2D eigenvalue weighted by atomic mass is 10.0. The Balaban J connectivity index is 2.52. The van der Waals surface area contributed by atoms with Gasteiger partial charge in [-0.15, -0.1) is 0 Å². The Labute approximate surface area is 79.5 Å². The molecule has 1 heteroatoms. The van der Waals surface area contributed by atoms with Crippen molar-refractivity contribution in [3.63, 3.8) is 0 Å². The topological polar surface area (TPSA) is 12.0 Å². The largest absolute Gasteiger partial charge is 0.379 e. The van der Waals surface area contributed by atoms with Gasteiger partial charge >= 0.3 is 0 Å². The van der Waals surface area contributed by atoms with Crippen LogP contribution in [0.25, 0.3) is 6.08 Å². The van der Waals surface area contributed by atoms with E-state index in [0.29, 0.717) is 6.04 Å². The number of nitrogens with one attached hydrogen (secondary N) is 1. The highest BCUT2D eigenvalue weighted by Gasteiger charge is 2.09. The minimum absolute atomic E-state index is 0.453. The Morgan fingerprint density at radius 2 is 1.85 bits per heavy atom. The molecule has 0 aromatic heterocycles. The minimum Gasteiger partial charge on any atom is -0.379 e. The van der Waals surface area contributed by atoms with E-state index in [-0.39, 0.29) is 0 Å². The fourth-order valence-electron chi connectivity index (χ4n) is 1.64. The lowest BCUT2D eigenvalue weighted by Gasteiger charge is -2.20. The van der Waals surface area contributed by atoms with Crippen molar-refractivity contribution in [2.24, 2.45) is 0 Å². The zero-order valence-corrected chi connectivity index (χ0v) is 8.39. The van der Waals surface area contributed by atoms with Crippen LogP contribution in [0.4, 0.5) is 5.69 Å². The van der Waals surface area contributed by atoms with Crippen molar-refractivity contribution in [2.75, 3.05) is 5.32 Å². The predicted octanol–water partition coefficient (Wildman–Crippen LogP) is 3.13. The van der Waals surface area contributed by atoms with E-state index < -0.39 is 0 Å². The van der Waals surface area contributed by atoms with Gasteiger partial charge in [0.05, 0.1) is 0 Å². The first-order valence-electron chi connectivity index (χ1n) is 4.73. The van der Waals surface area contributed by atoms with Crippen molar-refractivity contribution in [1.82, 2.24) is 0 Å². The Morgan fingerprint density at radius 3 is 2.62 bits per heavy atom. The molecule has 1 unspecified atom stereocenters. The average molecular weight is 173 g/mol. The summed E-state index contributed by atoms with van der Waals surface area (Å²) in [5, 5.41) is 3.44. The maximum atomic E-state index is 3.44. The summed E-state index contributed by atoms with van der Waals surface area (Å²) in [6, 6.07) is 4.92. The maximum absolute atomic E-state index is 3.44. The van der Waals surface area contributed by atoms with Gasteiger partial charge in [-0.1, -0.05) is 12.2 Å². The van der Waals surface area contributed by atoms with Gasteiger partial charge in [0.2, 0.25) is 0 Å². The molecular weight excluding hydrogens is 158 g/mol. The second-order valence-corrected chi connectivity index (χ2v) is 3.82. The molecule has 1 aliphatic rings. The molecule has 1 N–H and O–H groups in total. The molecule has 1 heterocycles. The Hall–Kier alpha value is -1.24. The second kappa shape index (κ2) is 2.91. The van der Waals surface area contributed by atoms with Crippen LogP contribution in [0.15, 0.2) is 18.2 Å². The van der Waals surface area contributed by atoms with E-state index in [1.54, 1.807) is 0 Å². The zero-order valence-electron chi connectivity index (χ0n) is 8.39. The Bertz CT molecular complexity index is 364. The highest BCUT2D eigenvalue weighted by Crippen LogP contribution is 2.26. The van der Waals surface area contributed by atoms with Crippen molar-refractivity contribution < 1.29 is 0 Å². The van der Waals surface area contributed by atoms with Crippen LogP contribution in [-0.2, 0) is 0 Å². The third-order valence-corrected chi connectivity index (χ3v) is 2.61. The van der Waals surface area contributed by atoms with Gasteiger partial charge in [-0.25, -0.2) is 0 Å². The number of aryl methyl sites for hydroxylation is 2. The second-order valence-electron chi connectivity index (χ2n) is 3.82. The van der Waals surface area contributed by atoms with Crippen molar-refractivity contribution in [2.45, 2.75) is 26.8 Å². The maximum Gasteiger partial charge on any atom is 0.0421 e. The summed E-state index contributed by atoms with van der Waals surface area (Å²) >= 11 is 0. The van der Waals surface area contributed by atoms with Crippen LogP contribution in [0, 0.1) is 13.8 Å². The fourth-order valence-corrected chi connectivity index (χ4v) is 1.64. The molecule has 1 atom stereocenters. The standard InChI is InChI=1S/C12H15N/c1-8-6-11-5-4-10(3)13-12(11)7-9(8)2/h4-7,10,13H,1-3H3. The summed E-state index contributed by atoms with van der Waals surface area (Å²) in [6.45, 7) is 6.47. The fraction of sp³-hybridized carbons (Fsp3) is 0.333. The molecule has 13 heavy (non-hydrogen) atoms. The molecule has 2 rings (SSSR count). The van der Waals surface area contributed by atoms with Crippen LogP contribution < -0.4 is 5.32 Å². The number of fused-ring (bicyclic) bond motifs is 1. The normalized spacial score (nSPS) is 19.5. The Morgan fingerprint density at radius 1 is 1.15 bits per heavy atom.